The van der Waals surface area contributed by atoms with Gasteiger partial charge in [-0.05, 0) is 25.1 Å². The van der Waals surface area contributed by atoms with E-state index >= 15 is 0 Å². The smallest absolute Gasteiger partial charge is 0.160 e. The molecule has 0 aliphatic carbocycles. The molecule has 8 aromatic rings. The largest absolute Gasteiger partial charge is 0.254 e. The molecule has 0 fully saturated rings. The number of fused-ring (bicyclic) bond motifs is 4. The number of aromatic nitrogens is 4. The lowest BCUT2D eigenvalue weighted by Crippen LogP contribution is -2.00. The fraction of sp³-hybridized carbons (Fsp3) is 0.0244. The minimum Gasteiger partial charge on any atom is -0.254 e. The summed E-state index contributed by atoms with van der Waals surface area (Å²) in [6.45, 7) is 6.31. The van der Waals surface area contributed by atoms with Crippen LogP contribution in [-0.4, -0.2) is 19.9 Å². The number of rotatable bonds is 6. The Labute approximate surface area is 271 Å². The molecule has 0 aliphatic rings. The maximum absolute atomic E-state index is 5.19. The van der Waals surface area contributed by atoms with Crippen molar-refractivity contribution in [1.82, 2.24) is 19.9 Å². The van der Waals surface area contributed by atoms with Gasteiger partial charge in [0.2, 0.25) is 0 Å². The highest BCUT2D eigenvalue weighted by molar-refractivity contribution is 7.20. The molecule has 0 unspecified atom stereocenters. The van der Waals surface area contributed by atoms with Crippen LogP contribution in [0.2, 0.25) is 0 Å². The summed E-state index contributed by atoms with van der Waals surface area (Å²) < 4.78 is 1.16. The standard InChI is InChI=1S/C41H28N4S/c1-3-30(35-25-34(26-13-7-5-8-14-26)44-41(45-35)29-15-9-6-10-16-29)37-32-19-11-18-31(40(32)46-36(37)4-2)33-23-22-28-21-20-27-17-12-24-42-38(27)39(28)43-33/h3-25H,2H2,1H3/b30-3-. The molecular weight excluding hydrogens is 581 g/mol. The lowest BCUT2D eigenvalue weighted by atomic mass is 9.96. The van der Waals surface area contributed by atoms with Gasteiger partial charge in [-0.15, -0.1) is 11.3 Å². The Hall–Kier alpha value is -5.78. The van der Waals surface area contributed by atoms with Crippen molar-refractivity contribution < 1.29 is 0 Å². The van der Waals surface area contributed by atoms with Crippen molar-refractivity contribution in [2.45, 2.75) is 6.92 Å². The van der Waals surface area contributed by atoms with Crippen molar-refractivity contribution in [3.63, 3.8) is 0 Å². The van der Waals surface area contributed by atoms with Crippen molar-refractivity contribution in [3.8, 4) is 33.9 Å². The van der Waals surface area contributed by atoms with Gasteiger partial charge < -0.3 is 0 Å². The van der Waals surface area contributed by atoms with E-state index in [1.807, 2.05) is 54.7 Å². The van der Waals surface area contributed by atoms with E-state index in [1.165, 1.54) is 0 Å². The number of hydrogen-bond donors (Lipinski definition) is 0. The monoisotopic (exact) mass is 608 g/mol. The van der Waals surface area contributed by atoms with E-state index in [0.29, 0.717) is 5.82 Å². The Morgan fingerprint density at radius 2 is 1.41 bits per heavy atom. The summed E-state index contributed by atoms with van der Waals surface area (Å²) in [5.74, 6) is 0.692. The van der Waals surface area contributed by atoms with Gasteiger partial charge in [-0.1, -0.05) is 122 Å². The number of benzene rings is 4. The van der Waals surface area contributed by atoms with E-state index in [1.54, 1.807) is 11.3 Å². The minimum atomic E-state index is 0.692. The number of nitrogens with zero attached hydrogens (tertiary/aromatic N) is 4. The molecule has 0 amide bonds. The molecule has 0 spiro atoms. The van der Waals surface area contributed by atoms with Crippen LogP contribution in [0.4, 0.5) is 0 Å². The van der Waals surface area contributed by atoms with E-state index in [2.05, 4.69) is 103 Å². The summed E-state index contributed by atoms with van der Waals surface area (Å²) in [6, 6.07) is 41.5. The molecule has 0 saturated heterocycles. The van der Waals surface area contributed by atoms with Crippen molar-refractivity contribution >= 4 is 54.9 Å². The predicted molar refractivity (Wildman–Crippen MR) is 194 cm³/mol. The molecule has 5 heteroatoms. The van der Waals surface area contributed by atoms with E-state index in [0.717, 1.165) is 81.7 Å². The minimum absolute atomic E-state index is 0.692. The summed E-state index contributed by atoms with van der Waals surface area (Å²) in [4.78, 5) is 21.1. The van der Waals surface area contributed by atoms with Crippen LogP contribution in [0, 0.1) is 0 Å². The van der Waals surface area contributed by atoms with Crippen molar-refractivity contribution in [3.05, 3.63) is 156 Å². The van der Waals surface area contributed by atoms with Gasteiger partial charge in [0, 0.05) is 59.8 Å². The molecule has 46 heavy (non-hydrogen) atoms. The van der Waals surface area contributed by atoms with Gasteiger partial charge in [-0.25, -0.2) is 15.0 Å². The maximum atomic E-state index is 5.19. The molecule has 0 radical (unpaired) electrons. The molecule has 218 valence electrons. The summed E-state index contributed by atoms with van der Waals surface area (Å²) in [5, 5.41) is 3.30. The normalized spacial score (nSPS) is 11.8. The lowest BCUT2D eigenvalue weighted by molar-refractivity contribution is 1.15. The topological polar surface area (TPSA) is 51.6 Å². The Balaban J connectivity index is 1.33. The molecule has 0 saturated carbocycles. The molecule has 4 nitrogen and oxygen atoms in total. The first kappa shape index (κ1) is 27.7. The molecule has 4 heterocycles. The fourth-order valence-electron chi connectivity index (χ4n) is 6.11. The summed E-state index contributed by atoms with van der Waals surface area (Å²) in [6.07, 6.45) is 5.94. The Bertz CT molecular complexity index is 2390. The van der Waals surface area contributed by atoms with Crippen molar-refractivity contribution in [1.29, 1.82) is 0 Å². The Morgan fingerprint density at radius 1 is 0.674 bits per heavy atom. The van der Waals surface area contributed by atoms with Crippen molar-refractivity contribution in [2.75, 3.05) is 0 Å². The van der Waals surface area contributed by atoms with Crippen molar-refractivity contribution in [2.24, 2.45) is 0 Å². The van der Waals surface area contributed by atoms with Crippen LogP contribution in [0.1, 0.15) is 23.1 Å². The Kier molecular flexibility index (Phi) is 7.01. The van der Waals surface area contributed by atoms with Gasteiger partial charge in [-0.3, -0.25) is 4.98 Å². The zero-order chi connectivity index (χ0) is 31.0. The summed E-state index contributed by atoms with van der Waals surface area (Å²) in [7, 11) is 0. The molecule has 0 N–H and O–H groups in total. The number of pyridine rings is 2. The molecular formula is C41H28N4S. The van der Waals surface area contributed by atoms with Crippen LogP contribution in [0.3, 0.4) is 0 Å². The third-order valence-electron chi connectivity index (χ3n) is 8.30. The lowest BCUT2D eigenvalue weighted by Gasteiger charge is -2.13. The third-order valence-corrected chi connectivity index (χ3v) is 9.53. The predicted octanol–water partition coefficient (Wildman–Crippen LogP) is 10.9. The summed E-state index contributed by atoms with van der Waals surface area (Å²) in [5.41, 5.74) is 9.74. The molecule has 0 atom stereocenters. The molecule has 0 bridgehead atoms. The quantitative estimate of drug-likeness (QED) is 0.176. The van der Waals surface area contributed by atoms with Gasteiger partial charge in [0.05, 0.1) is 28.1 Å². The number of hydrogen-bond acceptors (Lipinski definition) is 5. The second kappa shape index (κ2) is 11.6. The highest BCUT2D eigenvalue weighted by atomic mass is 32.1. The van der Waals surface area contributed by atoms with Crippen LogP contribution >= 0.6 is 11.3 Å². The van der Waals surface area contributed by atoms with Crippen LogP contribution in [0.15, 0.2) is 140 Å². The van der Waals surface area contributed by atoms with E-state index in [9.17, 15) is 0 Å². The third kappa shape index (κ3) is 4.78. The van der Waals surface area contributed by atoms with E-state index < -0.39 is 0 Å². The van der Waals surface area contributed by atoms with Gasteiger partial charge >= 0.3 is 0 Å². The maximum Gasteiger partial charge on any atom is 0.160 e. The van der Waals surface area contributed by atoms with E-state index in [-0.39, 0.29) is 0 Å². The second-order valence-electron chi connectivity index (χ2n) is 11.0. The zero-order valence-electron chi connectivity index (χ0n) is 25.2. The molecule has 0 aliphatic heterocycles. The first-order valence-corrected chi connectivity index (χ1v) is 16.0. The van der Waals surface area contributed by atoms with Gasteiger partial charge in [0.1, 0.15) is 0 Å². The van der Waals surface area contributed by atoms with Gasteiger partial charge in [0.25, 0.3) is 0 Å². The number of thiophene rings is 1. The van der Waals surface area contributed by atoms with Crippen LogP contribution < -0.4 is 0 Å². The van der Waals surface area contributed by atoms with Crippen LogP contribution in [-0.2, 0) is 0 Å². The van der Waals surface area contributed by atoms with Gasteiger partial charge in [0.15, 0.2) is 5.82 Å². The first-order valence-electron chi connectivity index (χ1n) is 15.2. The fourth-order valence-corrected chi connectivity index (χ4v) is 7.30. The van der Waals surface area contributed by atoms with Crippen LogP contribution in [0.5, 0.6) is 0 Å². The molecule has 4 aromatic heterocycles. The second-order valence-corrected chi connectivity index (χ2v) is 12.1. The SMILES string of the molecule is C=Cc1sc2c(-c3ccc4ccc5cccnc5c4n3)cccc2c1/C(=C\C)c1cc(-c2ccccc2)nc(-c2ccccc2)n1. The zero-order valence-corrected chi connectivity index (χ0v) is 26.0. The molecule has 4 aromatic carbocycles. The van der Waals surface area contributed by atoms with E-state index in [4.69, 9.17) is 15.0 Å². The van der Waals surface area contributed by atoms with Crippen LogP contribution in [0.25, 0.3) is 77.4 Å². The summed E-state index contributed by atoms with van der Waals surface area (Å²) >= 11 is 1.74. The average Bonchev–Trinajstić information content (AvgIpc) is 3.51. The number of allylic oxidation sites excluding steroid dienone is 1. The average molecular weight is 609 g/mol. The highest BCUT2D eigenvalue weighted by Gasteiger charge is 2.21. The van der Waals surface area contributed by atoms with Gasteiger partial charge in [-0.2, -0.15) is 0 Å². The first-order chi connectivity index (χ1) is 22.7. The Morgan fingerprint density at radius 3 is 2.17 bits per heavy atom. The highest BCUT2D eigenvalue weighted by Crippen LogP contribution is 2.43. The molecule has 8 rings (SSSR count).